The van der Waals surface area contributed by atoms with Gasteiger partial charge in [0.05, 0.1) is 17.1 Å². The van der Waals surface area contributed by atoms with E-state index in [0.717, 1.165) is 0 Å². The fourth-order valence-corrected chi connectivity index (χ4v) is 2.73. The molecule has 27 heavy (non-hydrogen) atoms. The van der Waals surface area contributed by atoms with Crippen LogP contribution in [0.15, 0.2) is 51.8 Å². The lowest BCUT2D eigenvalue weighted by molar-refractivity contribution is -0.115. The van der Waals surface area contributed by atoms with Crippen LogP contribution in [0.1, 0.15) is 10.4 Å². The Morgan fingerprint density at radius 2 is 1.96 bits per heavy atom. The number of hydrogen-bond donors (Lipinski definition) is 3. The van der Waals surface area contributed by atoms with Gasteiger partial charge in [-0.3, -0.25) is 19.1 Å². The molecule has 0 atom stereocenters. The third-order valence-electron chi connectivity index (χ3n) is 3.45. The molecule has 0 saturated heterocycles. The molecule has 0 saturated carbocycles. The number of hydrogen-bond acceptors (Lipinski definition) is 5. The summed E-state index contributed by atoms with van der Waals surface area (Å²) in [7, 11) is 0. The Hall–Kier alpha value is -3.10. The number of H-pyrrole nitrogens is 1. The maximum atomic E-state index is 12.1. The largest absolute Gasteiger partial charge is 0.439 e. The molecule has 0 aliphatic heterocycles. The van der Waals surface area contributed by atoms with Crippen molar-refractivity contribution in [1.82, 2.24) is 15.5 Å². The smallest absolute Gasteiger partial charge is 0.343 e. The summed E-state index contributed by atoms with van der Waals surface area (Å²) < 4.78 is 4.45. The van der Waals surface area contributed by atoms with Crippen LogP contribution in [0.2, 0.25) is 10.0 Å². The van der Waals surface area contributed by atoms with Crippen molar-refractivity contribution in [3.05, 3.63) is 68.6 Å². The van der Waals surface area contributed by atoms with E-state index in [1.54, 1.807) is 24.3 Å². The number of carbonyl (C=O) groups excluding carboxylic acids is 2. The predicted molar refractivity (Wildman–Crippen MR) is 100.0 cm³/mol. The van der Waals surface area contributed by atoms with Crippen LogP contribution in [0.3, 0.4) is 0 Å². The molecule has 10 heteroatoms. The average Bonchev–Trinajstić information content (AvgIpc) is 3.06. The van der Waals surface area contributed by atoms with E-state index in [2.05, 4.69) is 25.3 Å². The molecule has 2 amide bonds. The summed E-state index contributed by atoms with van der Waals surface area (Å²) in [6, 6.07) is 11.1. The molecular weight excluding hydrogens is 395 g/mol. The summed E-state index contributed by atoms with van der Waals surface area (Å²) in [5.74, 6) is -1.38. The number of rotatable bonds is 5. The van der Waals surface area contributed by atoms with E-state index in [9.17, 15) is 14.4 Å². The first-order valence-electron chi connectivity index (χ1n) is 7.62. The molecule has 0 spiro atoms. The van der Waals surface area contributed by atoms with Crippen LogP contribution in [0.4, 0.5) is 5.69 Å². The van der Waals surface area contributed by atoms with Crippen molar-refractivity contribution in [2.24, 2.45) is 0 Å². The van der Waals surface area contributed by atoms with Crippen molar-refractivity contribution >= 4 is 40.7 Å². The van der Waals surface area contributed by atoms with Gasteiger partial charge in [0.15, 0.2) is 5.82 Å². The summed E-state index contributed by atoms with van der Waals surface area (Å²) in [6.07, 6.45) is 0. The normalized spacial score (nSPS) is 10.4. The van der Waals surface area contributed by atoms with E-state index in [-0.39, 0.29) is 23.0 Å². The Labute approximate surface area is 162 Å². The highest BCUT2D eigenvalue weighted by molar-refractivity contribution is 6.36. The minimum atomic E-state index is -0.678. The molecule has 2 aromatic carbocycles. The SMILES string of the molecule is O=C(CNC(=O)c1ccc(Cl)cc1Cl)Nc1cccc(-c2noc(=O)[nH]2)c1. The lowest BCUT2D eigenvalue weighted by atomic mass is 10.2. The molecule has 0 radical (unpaired) electrons. The molecule has 0 aliphatic carbocycles. The van der Waals surface area contributed by atoms with Gasteiger partial charge in [-0.15, -0.1) is 0 Å². The highest BCUT2D eigenvalue weighted by atomic mass is 35.5. The maximum Gasteiger partial charge on any atom is 0.439 e. The number of amides is 2. The second-order valence-corrected chi connectivity index (χ2v) is 6.22. The quantitative estimate of drug-likeness (QED) is 0.601. The summed E-state index contributed by atoms with van der Waals surface area (Å²) in [5.41, 5.74) is 1.22. The zero-order chi connectivity index (χ0) is 19.4. The first-order chi connectivity index (χ1) is 12.9. The van der Waals surface area contributed by atoms with Crippen molar-refractivity contribution < 1.29 is 14.1 Å². The molecule has 138 valence electrons. The van der Waals surface area contributed by atoms with Crippen molar-refractivity contribution in [2.75, 3.05) is 11.9 Å². The number of aromatic amines is 1. The zero-order valence-electron chi connectivity index (χ0n) is 13.6. The van der Waals surface area contributed by atoms with Gasteiger partial charge in [0, 0.05) is 16.3 Å². The van der Waals surface area contributed by atoms with Gasteiger partial charge >= 0.3 is 5.76 Å². The standard InChI is InChI=1S/C17H12Cl2N4O4/c18-10-4-5-12(13(19)7-10)16(25)20-8-14(24)21-11-3-1-2-9(6-11)15-22-17(26)27-23-15/h1-7H,8H2,(H,20,25)(H,21,24)(H,22,23,26). The summed E-state index contributed by atoms with van der Waals surface area (Å²) in [4.78, 5) is 37.6. The fraction of sp³-hybridized carbons (Fsp3) is 0.0588. The lowest BCUT2D eigenvalue weighted by Gasteiger charge is -2.09. The molecule has 3 rings (SSSR count). The predicted octanol–water partition coefficient (Wildman–Crippen LogP) is 2.71. The van der Waals surface area contributed by atoms with Crippen LogP contribution in [0.5, 0.6) is 0 Å². The first-order valence-corrected chi connectivity index (χ1v) is 8.37. The first kappa shape index (κ1) is 18.7. The lowest BCUT2D eigenvalue weighted by Crippen LogP contribution is -2.33. The number of nitrogens with zero attached hydrogens (tertiary/aromatic N) is 1. The van der Waals surface area contributed by atoms with Crippen molar-refractivity contribution in [1.29, 1.82) is 0 Å². The molecule has 3 N–H and O–H groups in total. The molecule has 1 aromatic heterocycles. The monoisotopic (exact) mass is 406 g/mol. The van der Waals surface area contributed by atoms with Gasteiger partial charge < -0.3 is 10.6 Å². The number of aromatic nitrogens is 2. The second-order valence-electron chi connectivity index (χ2n) is 5.38. The summed E-state index contributed by atoms with van der Waals surface area (Å²) >= 11 is 11.7. The highest BCUT2D eigenvalue weighted by Crippen LogP contribution is 2.21. The van der Waals surface area contributed by atoms with Gasteiger partial charge in [-0.05, 0) is 30.3 Å². The molecule has 3 aromatic rings. The van der Waals surface area contributed by atoms with Gasteiger partial charge in [-0.2, -0.15) is 0 Å². The minimum absolute atomic E-state index is 0.190. The van der Waals surface area contributed by atoms with E-state index in [1.165, 1.54) is 18.2 Å². The van der Waals surface area contributed by atoms with Gasteiger partial charge in [-0.1, -0.05) is 40.5 Å². The van der Waals surface area contributed by atoms with Crippen LogP contribution < -0.4 is 16.4 Å². The van der Waals surface area contributed by atoms with Gasteiger partial charge in [0.1, 0.15) is 0 Å². The van der Waals surface area contributed by atoms with Crippen LogP contribution in [0, 0.1) is 0 Å². The molecule has 0 bridgehead atoms. The second kappa shape index (κ2) is 8.07. The van der Waals surface area contributed by atoms with Gasteiger partial charge in [0.25, 0.3) is 5.91 Å². The fourth-order valence-electron chi connectivity index (χ4n) is 2.23. The topological polar surface area (TPSA) is 117 Å². The van der Waals surface area contributed by atoms with Gasteiger partial charge in [0.2, 0.25) is 5.91 Å². The Morgan fingerprint density at radius 1 is 1.15 bits per heavy atom. The number of benzene rings is 2. The Kier molecular flexibility index (Phi) is 5.58. The number of nitrogens with one attached hydrogen (secondary N) is 3. The summed E-state index contributed by atoms with van der Waals surface area (Å²) in [6.45, 7) is -0.261. The van der Waals surface area contributed by atoms with Crippen LogP contribution >= 0.6 is 23.2 Å². The third-order valence-corrected chi connectivity index (χ3v) is 3.99. The van der Waals surface area contributed by atoms with Crippen LogP contribution in [-0.2, 0) is 4.79 Å². The van der Waals surface area contributed by atoms with E-state index in [4.69, 9.17) is 23.2 Å². The van der Waals surface area contributed by atoms with E-state index in [1.807, 2.05) is 0 Å². The highest BCUT2D eigenvalue weighted by Gasteiger charge is 2.12. The number of anilines is 1. The minimum Gasteiger partial charge on any atom is -0.343 e. The van der Waals surface area contributed by atoms with Crippen molar-refractivity contribution in [3.8, 4) is 11.4 Å². The van der Waals surface area contributed by atoms with E-state index >= 15 is 0 Å². The summed E-state index contributed by atoms with van der Waals surface area (Å²) in [5, 5.41) is 9.28. The Bertz CT molecular complexity index is 1060. The maximum absolute atomic E-state index is 12.1. The molecular formula is C17H12Cl2N4O4. The van der Waals surface area contributed by atoms with E-state index in [0.29, 0.717) is 16.3 Å². The Balaban J connectivity index is 1.61. The third kappa shape index (κ3) is 4.75. The van der Waals surface area contributed by atoms with E-state index < -0.39 is 17.6 Å². The zero-order valence-corrected chi connectivity index (χ0v) is 15.1. The van der Waals surface area contributed by atoms with Crippen molar-refractivity contribution in [3.63, 3.8) is 0 Å². The molecule has 0 unspecified atom stereocenters. The average molecular weight is 407 g/mol. The molecule has 0 aliphatic rings. The van der Waals surface area contributed by atoms with Crippen LogP contribution in [-0.4, -0.2) is 28.5 Å². The number of halogens is 2. The molecule has 8 nitrogen and oxygen atoms in total. The molecule has 0 fully saturated rings. The molecule has 1 heterocycles. The van der Waals surface area contributed by atoms with Crippen LogP contribution in [0.25, 0.3) is 11.4 Å². The van der Waals surface area contributed by atoms with Crippen molar-refractivity contribution in [2.45, 2.75) is 0 Å². The number of carbonyl (C=O) groups is 2. The van der Waals surface area contributed by atoms with Gasteiger partial charge in [-0.25, -0.2) is 4.79 Å². The Morgan fingerprint density at radius 3 is 2.67 bits per heavy atom.